The Morgan fingerprint density at radius 2 is 1.50 bits per heavy atom. The number of ketones is 1. The number of rotatable bonds is 1. The predicted octanol–water partition coefficient (Wildman–Crippen LogP) is 2.70. The summed E-state index contributed by atoms with van der Waals surface area (Å²) in [6, 6.07) is 2.65. The third-order valence-corrected chi connectivity index (χ3v) is 4.73. The molecule has 1 aromatic carbocycles. The smallest absolute Gasteiger partial charge is 0.261 e. The van der Waals surface area contributed by atoms with Crippen molar-refractivity contribution in [2.75, 3.05) is 4.90 Å². The van der Waals surface area contributed by atoms with E-state index in [4.69, 9.17) is 0 Å². The third-order valence-electron chi connectivity index (χ3n) is 4.73. The molecule has 0 bridgehead atoms. The van der Waals surface area contributed by atoms with Crippen LogP contribution in [0.15, 0.2) is 23.3 Å². The average Bonchev–Trinajstić information content (AvgIpc) is 2.99. The lowest BCUT2D eigenvalue weighted by Gasteiger charge is -2.17. The molecule has 0 spiro atoms. The number of benzene rings is 1. The van der Waals surface area contributed by atoms with Crippen LogP contribution in [-0.4, -0.2) is 17.6 Å². The number of nitrogens with zero attached hydrogens (tertiary/aromatic N) is 1. The number of amides is 2. The summed E-state index contributed by atoms with van der Waals surface area (Å²) < 4.78 is 14.4. The molecule has 1 heterocycles. The van der Waals surface area contributed by atoms with Gasteiger partial charge in [-0.2, -0.15) is 0 Å². The Labute approximate surface area is 126 Å². The van der Waals surface area contributed by atoms with E-state index in [-0.39, 0.29) is 11.5 Å². The van der Waals surface area contributed by atoms with Gasteiger partial charge in [0.05, 0.1) is 5.69 Å². The molecule has 0 radical (unpaired) electrons. The minimum absolute atomic E-state index is 0.0620. The molecule has 22 heavy (non-hydrogen) atoms. The highest BCUT2D eigenvalue weighted by molar-refractivity contribution is 6.33. The Morgan fingerprint density at radius 1 is 0.864 bits per heavy atom. The molecule has 2 aliphatic carbocycles. The summed E-state index contributed by atoms with van der Waals surface area (Å²) >= 11 is 0. The molecule has 4 nitrogen and oxygen atoms in total. The van der Waals surface area contributed by atoms with Gasteiger partial charge in [0.15, 0.2) is 5.78 Å². The minimum atomic E-state index is -0.616. The SMILES string of the molecule is O=C1CCc2cc(F)c(N3C(=O)C4=C(CCCC4)C3=O)cc21. The van der Waals surface area contributed by atoms with Gasteiger partial charge in [-0.25, -0.2) is 9.29 Å². The number of carbonyl (C=O) groups excluding carboxylic acids is 3. The fourth-order valence-electron chi connectivity index (χ4n) is 3.58. The first-order valence-corrected chi connectivity index (χ1v) is 7.54. The molecule has 1 aliphatic heterocycles. The third kappa shape index (κ3) is 1.71. The maximum Gasteiger partial charge on any atom is 0.261 e. The van der Waals surface area contributed by atoms with Crippen LogP contribution < -0.4 is 4.90 Å². The van der Waals surface area contributed by atoms with Gasteiger partial charge in [-0.1, -0.05) is 0 Å². The molecule has 2 amide bonds. The van der Waals surface area contributed by atoms with E-state index < -0.39 is 17.6 Å². The Bertz CT molecular complexity index is 750. The number of hydrogen-bond acceptors (Lipinski definition) is 3. The molecule has 0 N–H and O–H groups in total. The quantitative estimate of drug-likeness (QED) is 0.749. The Hall–Kier alpha value is -2.30. The monoisotopic (exact) mass is 299 g/mol. The normalized spacial score (nSPS) is 20.8. The highest BCUT2D eigenvalue weighted by atomic mass is 19.1. The first kappa shape index (κ1) is 13.4. The molecule has 4 rings (SSSR count). The number of Topliss-reactive ketones (excluding diaryl/α,β-unsaturated/α-hetero) is 1. The number of fused-ring (bicyclic) bond motifs is 1. The summed E-state index contributed by atoms with van der Waals surface area (Å²) in [5.74, 6) is -1.53. The van der Waals surface area contributed by atoms with Crippen LogP contribution >= 0.6 is 0 Å². The van der Waals surface area contributed by atoms with E-state index in [1.165, 1.54) is 12.1 Å². The maximum absolute atomic E-state index is 14.4. The van der Waals surface area contributed by atoms with Crippen molar-refractivity contribution in [3.05, 3.63) is 40.2 Å². The number of carbonyl (C=O) groups is 3. The highest BCUT2D eigenvalue weighted by Gasteiger charge is 2.41. The van der Waals surface area contributed by atoms with Crippen LogP contribution in [0.3, 0.4) is 0 Å². The molecule has 0 aromatic heterocycles. The van der Waals surface area contributed by atoms with E-state index >= 15 is 0 Å². The lowest BCUT2D eigenvalue weighted by atomic mass is 9.93. The van der Waals surface area contributed by atoms with Gasteiger partial charge in [-0.05, 0) is 49.8 Å². The fourth-order valence-corrected chi connectivity index (χ4v) is 3.58. The molecule has 0 atom stereocenters. The lowest BCUT2D eigenvalue weighted by molar-refractivity contribution is -0.120. The van der Waals surface area contributed by atoms with Crippen molar-refractivity contribution in [3.63, 3.8) is 0 Å². The van der Waals surface area contributed by atoms with Crippen molar-refractivity contribution in [2.24, 2.45) is 0 Å². The van der Waals surface area contributed by atoms with Crippen LogP contribution in [0, 0.1) is 5.82 Å². The highest BCUT2D eigenvalue weighted by Crippen LogP contribution is 2.38. The van der Waals surface area contributed by atoms with Gasteiger partial charge in [0.1, 0.15) is 5.82 Å². The summed E-state index contributed by atoms with van der Waals surface area (Å²) in [6.45, 7) is 0. The van der Waals surface area contributed by atoms with Crippen LogP contribution in [0.5, 0.6) is 0 Å². The molecule has 0 unspecified atom stereocenters. The summed E-state index contributed by atoms with van der Waals surface area (Å²) in [5.41, 5.74) is 2.04. The van der Waals surface area contributed by atoms with Crippen molar-refractivity contribution in [1.82, 2.24) is 0 Å². The molecular weight excluding hydrogens is 285 g/mol. The largest absolute Gasteiger partial charge is 0.294 e. The zero-order valence-corrected chi connectivity index (χ0v) is 11.9. The first-order chi connectivity index (χ1) is 10.6. The van der Waals surface area contributed by atoms with Crippen molar-refractivity contribution < 1.29 is 18.8 Å². The molecule has 0 fully saturated rings. The van der Waals surface area contributed by atoms with Gasteiger partial charge in [-0.3, -0.25) is 14.4 Å². The van der Waals surface area contributed by atoms with Crippen molar-refractivity contribution >= 4 is 23.3 Å². The summed E-state index contributed by atoms with van der Waals surface area (Å²) in [7, 11) is 0. The van der Waals surface area contributed by atoms with Gasteiger partial charge in [0.25, 0.3) is 11.8 Å². The zero-order chi connectivity index (χ0) is 15.4. The molecule has 5 heteroatoms. The number of aryl methyl sites for hydroxylation is 1. The van der Waals surface area contributed by atoms with Crippen molar-refractivity contribution in [2.45, 2.75) is 38.5 Å². The Kier molecular flexibility index (Phi) is 2.79. The second-order valence-corrected chi connectivity index (χ2v) is 5.99. The molecular formula is C17H14FNO3. The van der Waals surface area contributed by atoms with Gasteiger partial charge in [-0.15, -0.1) is 0 Å². The van der Waals surface area contributed by atoms with E-state index in [9.17, 15) is 18.8 Å². The average molecular weight is 299 g/mol. The number of hydrogen-bond donors (Lipinski definition) is 0. The zero-order valence-electron chi connectivity index (χ0n) is 11.9. The van der Waals surface area contributed by atoms with Gasteiger partial charge < -0.3 is 0 Å². The van der Waals surface area contributed by atoms with Crippen LogP contribution in [-0.2, 0) is 16.0 Å². The van der Waals surface area contributed by atoms with E-state index in [2.05, 4.69) is 0 Å². The maximum atomic E-state index is 14.4. The number of anilines is 1. The number of halogens is 1. The van der Waals surface area contributed by atoms with Crippen LogP contribution in [0.4, 0.5) is 10.1 Å². The van der Waals surface area contributed by atoms with E-state index in [1.807, 2.05) is 0 Å². The predicted molar refractivity (Wildman–Crippen MR) is 77.0 cm³/mol. The van der Waals surface area contributed by atoms with Crippen LogP contribution in [0.2, 0.25) is 0 Å². The number of imide groups is 1. The van der Waals surface area contributed by atoms with Gasteiger partial charge in [0, 0.05) is 23.1 Å². The van der Waals surface area contributed by atoms with Gasteiger partial charge in [0.2, 0.25) is 0 Å². The first-order valence-electron chi connectivity index (χ1n) is 7.54. The molecule has 0 saturated carbocycles. The van der Waals surface area contributed by atoms with E-state index in [1.54, 1.807) is 0 Å². The second-order valence-electron chi connectivity index (χ2n) is 5.99. The van der Waals surface area contributed by atoms with Crippen LogP contribution in [0.25, 0.3) is 0 Å². The Balaban J connectivity index is 1.81. The second kappa shape index (κ2) is 4.60. The standard InChI is InChI=1S/C17H14FNO3/c18-13-7-9-5-6-15(20)12(9)8-14(13)19-16(21)10-3-1-2-4-11(10)17(19)22/h7-8H,1-6H2. The van der Waals surface area contributed by atoms with E-state index in [0.717, 1.165) is 17.7 Å². The minimum Gasteiger partial charge on any atom is -0.294 e. The lowest BCUT2D eigenvalue weighted by Crippen LogP contribution is -2.32. The Morgan fingerprint density at radius 3 is 2.14 bits per heavy atom. The molecule has 0 saturated heterocycles. The van der Waals surface area contributed by atoms with Crippen LogP contribution in [0.1, 0.15) is 48.0 Å². The summed E-state index contributed by atoms with van der Waals surface area (Å²) in [5, 5.41) is 0. The van der Waals surface area contributed by atoms with Crippen molar-refractivity contribution in [1.29, 1.82) is 0 Å². The van der Waals surface area contributed by atoms with Gasteiger partial charge >= 0.3 is 0 Å². The molecule has 1 aromatic rings. The molecule has 112 valence electrons. The summed E-state index contributed by atoms with van der Waals surface area (Å²) in [6.07, 6.45) is 3.76. The topological polar surface area (TPSA) is 54.5 Å². The van der Waals surface area contributed by atoms with Crippen molar-refractivity contribution in [3.8, 4) is 0 Å². The fraction of sp³-hybridized carbons (Fsp3) is 0.353. The summed E-state index contributed by atoms with van der Waals surface area (Å²) in [4.78, 5) is 37.7. The molecule has 3 aliphatic rings. The van der Waals surface area contributed by atoms with E-state index in [0.29, 0.717) is 48.0 Å².